The van der Waals surface area contributed by atoms with Gasteiger partial charge in [0.15, 0.2) is 0 Å². The molecule has 22 heavy (non-hydrogen) atoms. The van der Waals surface area contributed by atoms with Crippen molar-refractivity contribution >= 4 is 17.3 Å². The maximum atomic E-state index is 12.1. The molecule has 1 aliphatic rings. The SMILES string of the molecule is C[C@@H]1C[C@H](CC(=O)OC(C)(C)C)CN(c2ccncc2N)C1. The average Bonchev–Trinajstić information content (AvgIpc) is 2.35. The molecule has 0 aromatic carbocycles. The summed E-state index contributed by atoms with van der Waals surface area (Å²) in [6.45, 7) is 9.71. The van der Waals surface area contributed by atoms with Gasteiger partial charge in [0.25, 0.3) is 0 Å². The van der Waals surface area contributed by atoms with E-state index in [0.29, 0.717) is 23.9 Å². The van der Waals surface area contributed by atoms with Crippen molar-refractivity contribution in [1.82, 2.24) is 4.98 Å². The molecule has 0 aliphatic carbocycles. The van der Waals surface area contributed by atoms with Crippen LogP contribution in [0.25, 0.3) is 0 Å². The summed E-state index contributed by atoms with van der Waals surface area (Å²) in [4.78, 5) is 18.4. The molecular weight excluding hydrogens is 278 g/mol. The number of nitrogen functional groups attached to an aromatic ring is 1. The van der Waals surface area contributed by atoms with Crippen LogP contribution in [0.2, 0.25) is 0 Å². The Kier molecular flexibility index (Phi) is 4.94. The Morgan fingerprint density at radius 2 is 2.18 bits per heavy atom. The van der Waals surface area contributed by atoms with Crippen LogP contribution in [0.15, 0.2) is 18.5 Å². The van der Waals surface area contributed by atoms with Crippen molar-refractivity contribution in [3.63, 3.8) is 0 Å². The summed E-state index contributed by atoms with van der Waals surface area (Å²) < 4.78 is 5.45. The minimum Gasteiger partial charge on any atom is -0.460 e. The molecule has 1 saturated heterocycles. The quantitative estimate of drug-likeness (QED) is 0.870. The van der Waals surface area contributed by atoms with Gasteiger partial charge >= 0.3 is 5.97 Å². The number of ether oxygens (including phenoxy) is 1. The first-order chi connectivity index (χ1) is 10.2. The van der Waals surface area contributed by atoms with Gasteiger partial charge in [-0.1, -0.05) is 6.92 Å². The third-order valence-electron chi connectivity index (χ3n) is 3.79. The molecule has 122 valence electrons. The van der Waals surface area contributed by atoms with Crippen molar-refractivity contribution in [2.75, 3.05) is 23.7 Å². The van der Waals surface area contributed by atoms with E-state index in [0.717, 1.165) is 25.2 Å². The van der Waals surface area contributed by atoms with Crippen molar-refractivity contribution in [2.45, 2.75) is 46.1 Å². The van der Waals surface area contributed by atoms with Gasteiger partial charge in [0, 0.05) is 19.3 Å². The molecule has 2 atom stereocenters. The van der Waals surface area contributed by atoms with Crippen molar-refractivity contribution in [3.05, 3.63) is 18.5 Å². The molecule has 5 nitrogen and oxygen atoms in total. The average molecular weight is 305 g/mol. The molecule has 0 saturated carbocycles. The van der Waals surface area contributed by atoms with Gasteiger partial charge < -0.3 is 15.4 Å². The number of esters is 1. The Hall–Kier alpha value is -1.78. The number of hydrogen-bond acceptors (Lipinski definition) is 5. The predicted molar refractivity (Wildman–Crippen MR) is 88.6 cm³/mol. The lowest BCUT2D eigenvalue weighted by atomic mass is 9.88. The molecule has 1 fully saturated rings. The third-order valence-corrected chi connectivity index (χ3v) is 3.79. The van der Waals surface area contributed by atoms with Crippen LogP contribution in [0, 0.1) is 11.8 Å². The van der Waals surface area contributed by atoms with Crippen LogP contribution in [0.5, 0.6) is 0 Å². The number of carbonyl (C=O) groups excluding carboxylic acids is 1. The second kappa shape index (κ2) is 6.55. The predicted octanol–water partition coefficient (Wildman–Crippen LogP) is 2.86. The summed E-state index contributed by atoms with van der Waals surface area (Å²) in [6, 6.07) is 1.94. The van der Waals surface area contributed by atoms with Crippen LogP contribution in [0.3, 0.4) is 0 Å². The Labute approximate surface area is 132 Å². The van der Waals surface area contributed by atoms with Gasteiger partial charge in [-0.15, -0.1) is 0 Å². The monoisotopic (exact) mass is 305 g/mol. The summed E-state index contributed by atoms with van der Waals surface area (Å²) in [7, 11) is 0. The summed E-state index contributed by atoms with van der Waals surface area (Å²) >= 11 is 0. The normalized spacial score (nSPS) is 22.5. The van der Waals surface area contributed by atoms with Crippen LogP contribution >= 0.6 is 0 Å². The fourth-order valence-electron chi connectivity index (χ4n) is 3.13. The maximum Gasteiger partial charge on any atom is 0.306 e. The molecule has 2 rings (SSSR count). The molecule has 2 N–H and O–H groups in total. The molecule has 0 amide bonds. The van der Waals surface area contributed by atoms with Crippen LogP contribution in [-0.4, -0.2) is 29.6 Å². The standard InChI is InChI=1S/C17H27N3O2/c1-12-7-13(8-16(21)22-17(2,3)4)11-20(10-12)15-5-6-19-9-14(15)18/h5-6,9,12-13H,7-8,10-11,18H2,1-4H3/t12-,13-/m1/s1. The number of aromatic nitrogens is 1. The lowest BCUT2D eigenvalue weighted by Crippen LogP contribution is -2.41. The highest BCUT2D eigenvalue weighted by Gasteiger charge is 2.29. The van der Waals surface area contributed by atoms with Gasteiger partial charge in [0.2, 0.25) is 0 Å². The molecule has 0 spiro atoms. The summed E-state index contributed by atoms with van der Waals surface area (Å²) in [5.41, 5.74) is 7.30. The Balaban J connectivity index is 2.02. The van der Waals surface area contributed by atoms with Crippen molar-refractivity contribution in [1.29, 1.82) is 0 Å². The fourth-order valence-corrected chi connectivity index (χ4v) is 3.13. The second-order valence-electron chi connectivity index (χ2n) is 7.34. The van der Waals surface area contributed by atoms with Crippen molar-refractivity contribution in [2.24, 2.45) is 11.8 Å². The van der Waals surface area contributed by atoms with Gasteiger partial charge in [-0.3, -0.25) is 9.78 Å². The summed E-state index contributed by atoms with van der Waals surface area (Å²) in [5.74, 6) is 0.703. The fraction of sp³-hybridized carbons (Fsp3) is 0.647. The first kappa shape index (κ1) is 16.6. The summed E-state index contributed by atoms with van der Waals surface area (Å²) in [5, 5.41) is 0. The zero-order chi connectivity index (χ0) is 16.3. The highest BCUT2D eigenvalue weighted by atomic mass is 16.6. The highest BCUT2D eigenvalue weighted by molar-refractivity contribution is 5.71. The minimum absolute atomic E-state index is 0.116. The number of hydrogen-bond donors (Lipinski definition) is 1. The van der Waals surface area contributed by atoms with Gasteiger partial charge in [0.1, 0.15) is 5.60 Å². The van der Waals surface area contributed by atoms with Gasteiger partial charge in [-0.25, -0.2) is 0 Å². The van der Waals surface area contributed by atoms with E-state index in [1.165, 1.54) is 0 Å². The largest absolute Gasteiger partial charge is 0.460 e. The lowest BCUT2D eigenvalue weighted by molar-refractivity contribution is -0.156. The van der Waals surface area contributed by atoms with Gasteiger partial charge in [-0.2, -0.15) is 0 Å². The number of carbonyl (C=O) groups is 1. The smallest absolute Gasteiger partial charge is 0.306 e. The molecular formula is C17H27N3O2. The zero-order valence-corrected chi connectivity index (χ0v) is 14.0. The van der Waals surface area contributed by atoms with Crippen LogP contribution in [0.1, 0.15) is 40.5 Å². The van der Waals surface area contributed by atoms with Gasteiger partial charge in [-0.05, 0) is 45.1 Å². The van der Waals surface area contributed by atoms with E-state index in [1.807, 2.05) is 26.8 Å². The van der Waals surface area contributed by atoms with Crippen LogP contribution in [0.4, 0.5) is 11.4 Å². The first-order valence-corrected chi connectivity index (χ1v) is 7.91. The number of nitrogens with two attached hydrogens (primary N) is 1. The molecule has 2 heterocycles. The van der Waals surface area contributed by atoms with Crippen molar-refractivity contribution in [3.8, 4) is 0 Å². The molecule has 1 aromatic rings. The van der Waals surface area contributed by atoms with Crippen LogP contribution in [-0.2, 0) is 9.53 Å². The first-order valence-electron chi connectivity index (χ1n) is 7.91. The number of anilines is 2. The molecule has 1 aromatic heterocycles. The zero-order valence-electron chi connectivity index (χ0n) is 14.0. The van der Waals surface area contributed by atoms with E-state index in [9.17, 15) is 4.79 Å². The van der Waals surface area contributed by atoms with E-state index >= 15 is 0 Å². The molecule has 5 heteroatoms. The van der Waals surface area contributed by atoms with E-state index in [2.05, 4.69) is 16.8 Å². The van der Waals surface area contributed by atoms with Crippen LogP contribution < -0.4 is 10.6 Å². The van der Waals surface area contributed by atoms with Gasteiger partial charge in [0.05, 0.1) is 24.0 Å². The minimum atomic E-state index is -0.424. The number of pyridine rings is 1. The molecule has 0 bridgehead atoms. The second-order valence-corrected chi connectivity index (χ2v) is 7.34. The van der Waals surface area contributed by atoms with Crippen molar-refractivity contribution < 1.29 is 9.53 Å². The Morgan fingerprint density at radius 1 is 1.45 bits per heavy atom. The number of piperidine rings is 1. The van der Waals surface area contributed by atoms with E-state index < -0.39 is 5.60 Å². The maximum absolute atomic E-state index is 12.1. The Morgan fingerprint density at radius 3 is 2.82 bits per heavy atom. The third kappa shape index (κ3) is 4.61. The lowest BCUT2D eigenvalue weighted by Gasteiger charge is -2.38. The topological polar surface area (TPSA) is 68.5 Å². The Bertz CT molecular complexity index is 525. The van der Waals surface area contributed by atoms with E-state index in [1.54, 1.807) is 12.4 Å². The number of nitrogens with zero attached hydrogens (tertiary/aromatic N) is 2. The highest BCUT2D eigenvalue weighted by Crippen LogP contribution is 2.31. The van der Waals surface area contributed by atoms with E-state index in [4.69, 9.17) is 10.5 Å². The summed E-state index contributed by atoms with van der Waals surface area (Å²) in [6.07, 6.45) is 4.94. The molecule has 0 radical (unpaired) electrons. The number of rotatable bonds is 3. The van der Waals surface area contributed by atoms with E-state index in [-0.39, 0.29) is 5.97 Å². The molecule has 1 aliphatic heterocycles. The molecule has 0 unspecified atom stereocenters.